The molecule has 5 rings (SSSR count). The molecule has 7 nitrogen and oxygen atoms in total. The first-order chi connectivity index (χ1) is 16.5. The predicted octanol–water partition coefficient (Wildman–Crippen LogP) is 5.25. The average Bonchev–Trinajstić information content (AvgIpc) is 3.22. The van der Waals surface area contributed by atoms with E-state index in [1.807, 2.05) is 4.90 Å². The van der Waals surface area contributed by atoms with E-state index in [1.165, 1.54) is 56.1 Å². The fourth-order valence-corrected chi connectivity index (χ4v) is 6.42. The number of hydrogen-bond acceptors (Lipinski definition) is 4. The van der Waals surface area contributed by atoms with Gasteiger partial charge in [-0.3, -0.25) is 9.69 Å². The molecular weight excluding hydrogens is 428 g/mol. The van der Waals surface area contributed by atoms with E-state index >= 15 is 0 Å². The van der Waals surface area contributed by atoms with Crippen molar-refractivity contribution in [2.45, 2.75) is 90.1 Å². The third-order valence-corrected chi connectivity index (χ3v) is 8.37. The van der Waals surface area contributed by atoms with Crippen molar-refractivity contribution in [3.05, 3.63) is 23.5 Å². The molecule has 1 aromatic carbocycles. The van der Waals surface area contributed by atoms with Gasteiger partial charge in [-0.05, 0) is 63.5 Å². The molecule has 0 N–H and O–H groups in total. The van der Waals surface area contributed by atoms with Crippen LogP contribution in [0, 0.1) is 5.92 Å². The number of nitrogens with zero attached hydrogens (tertiary/aromatic N) is 4. The number of aromatic nitrogens is 2. The van der Waals surface area contributed by atoms with Crippen molar-refractivity contribution in [1.29, 1.82) is 0 Å². The number of fused-ring (bicyclic) bond motifs is 3. The molecule has 2 fully saturated rings. The van der Waals surface area contributed by atoms with E-state index in [-0.39, 0.29) is 18.0 Å². The number of carbonyl (C=O) groups excluding carboxylic acids is 2. The highest BCUT2D eigenvalue weighted by Gasteiger charge is 2.33. The van der Waals surface area contributed by atoms with E-state index in [4.69, 9.17) is 9.72 Å². The van der Waals surface area contributed by atoms with Gasteiger partial charge in [-0.1, -0.05) is 19.3 Å². The number of imidazole rings is 1. The first kappa shape index (κ1) is 23.2. The molecule has 0 radical (unpaired) electrons. The van der Waals surface area contributed by atoms with Gasteiger partial charge in [0.15, 0.2) is 0 Å². The van der Waals surface area contributed by atoms with E-state index in [0.29, 0.717) is 12.0 Å². The summed E-state index contributed by atoms with van der Waals surface area (Å²) in [5.74, 6) is 1.93. The van der Waals surface area contributed by atoms with Gasteiger partial charge < -0.3 is 14.2 Å². The molecule has 2 aliphatic heterocycles. The van der Waals surface area contributed by atoms with E-state index in [2.05, 4.69) is 23.6 Å². The van der Waals surface area contributed by atoms with Crippen LogP contribution >= 0.6 is 0 Å². The summed E-state index contributed by atoms with van der Waals surface area (Å²) in [6, 6.07) is 4.92. The molecule has 3 heterocycles. The Labute approximate surface area is 202 Å². The largest absolute Gasteiger partial charge is 0.452 e. The minimum Gasteiger partial charge on any atom is -0.452 e. The average molecular weight is 467 g/mol. The van der Waals surface area contributed by atoms with Crippen LogP contribution in [-0.4, -0.2) is 52.7 Å². The van der Waals surface area contributed by atoms with Crippen LogP contribution in [0.1, 0.15) is 82.6 Å². The molecule has 0 unspecified atom stereocenters. The Bertz CT molecular complexity index is 1060. The molecule has 184 valence electrons. The molecule has 1 atom stereocenters. The van der Waals surface area contributed by atoms with Crippen LogP contribution in [0.5, 0.6) is 0 Å². The molecule has 2 aromatic rings. The van der Waals surface area contributed by atoms with Crippen molar-refractivity contribution in [2.24, 2.45) is 5.92 Å². The Balaban J connectivity index is 1.53. The number of anilines is 1. The highest BCUT2D eigenvalue weighted by Crippen LogP contribution is 2.40. The zero-order valence-electron chi connectivity index (χ0n) is 20.9. The fourth-order valence-electron chi connectivity index (χ4n) is 6.42. The number of piperidine rings is 1. The van der Waals surface area contributed by atoms with Gasteiger partial charge in [0.05, 0.1) is 23.8 Å². The van der Waals surface area contributed by atoms with Crippen LogP contribution in [0.25, 0.3) is 11.0 Å². The first-order valence-electron chi connectivity index (χ1n) is 13.1. The fraction of sp³-hybridized carbons (Fsp3) is 0.667. The van der Waals surface area contributed by atoms with Crippen LogP contribution in [0.15, 0.2) is 12.1 Å². The summed E-state index contributed by atoms with van der Waals surface area (Å²) in [5, 5.41) is 0. The zero-order valence-corrected chi connectivity index (χ0v) is 20.9. The van der Waals surface area contributed by atoms with Crippen molar-refractivity contribution in [3.63, 3.8) is 0 Å². The molecular formula is C27H38N4O3. The lowest BCUT2D eigenvalue weighted by Crippen LogP contribution is -2.42. The number of hydrogen-bond donors (Lipinski definition) is 0. The second-order valence-electron chi connectivity index (χ2n) is 10.5. The first-order valence-corrected chi connectivity index (χ1v) is 13.1. The Morgan fingerprint density at radius 3 is 2.47 bits per heavy atom. The number of carbonyl (C=O) groups is 2. The van der Waals surface area contributed by atoms with Gasteiger partial charge in [0, 0.05) is 44.1 Å². The molecule has 1 saturated heterocycles. The summed E-state index contributed by atoms with van der Waals surface area (Å²) in [7, 11) is 1.45. The van der Waals surface area contributed by atoms with Crippen LogP contribution < -0.4 is 4.90 Å². The number of amides is 2. The molecule has 3 aliphatic rings. The second-order valence-corrected chi connectivity index (χ2v) is 10.5. The molecule has 1 saturated carbocycles. The second kappa shape index (κ2) is 9.59. The monoisotopic (exact) mass is 466 g/mol. The van der Waals surface area contributed by atoms with Gasteiger partial charge in [0.25, 0.3) is 0 Å². The summed E-state index contributed by atoms with van der Waals surface area (Å²) in [5.41, 5.74) is 4.43. The Hall–Kier alpha value is -2.57. The van der Waals surface area contributed by atoms with Crippen LogP contribution in [-0.2, 0) is 22.4 Å². The van der Waals surface area contributed by atoms with E-state index in [0.717, 1.165) is 56.4 Å². The van der Waals surface area contributed by atoms with Gasteiger partial charge in [0.1, 0.15) is 5.82 Å². The summed E-state index contributed by atoms with van der Waals surface area (Å²) in [4.78, 5) is 33.4. The lowest BCUT2D eigenvalue weighted by molar-refractivity contribution is -0.130. The molecule has 1 aliphatic carbocycles. The molecule has 1 aromatic heterocycles. The quantitative estimate of drug-likeness (QED) is 0.620. The Kier molecular flexibility index (Phi) is 6.54. The van der Waals surface area contributed by atoms with Crippen molar-refractivity contribution >= 4 is 28.7 Å². The van der Waals surface area contributed by atoms with Crippen LogP contribution in [0.2, 0.25) is 0 Å². The molecule has 7 heteroatoms. The van der Waals surface area contributed by atoms with E-state index in [9.17, 15) is 9.59 Å². The van der Waals surface area contributed by atoms with Gasteiger partial charge in [0.2, 0.25) is 5.91 Å². The molecule has 0 bridgehead atoms. The number of likely N-dealkylation sites (tertiary alicyclic amines) is 1. The van der Waals surface area contributed by atoms with E-state index in [1.54, 1.807) is 11.8 Å². The normalized spacial score (nSPS) is 22.1. The van der Waals surface area contributed by atoms with Crippen molar-refractivity contribution < 1.29 is 14.3 Å². The van der Waals surface area contributed by atoms with Gasteiger partial charge >= 0.3 is 6.09 Å². The Morgan fingerprint density at radius 1 is 1.06 bits per heavy atom. The zero-order chi connectivity index (χ0) is 23.8. The lowest BCUT2D eigenvalue weighted by atomic mass is 9.92. The number of rotatable bonds is 3. The third kappa shape index (κ3) is 4.18. The molecule has 2 amide bonds. The van der Waals surface area contributed by atoms with Crippen molar-refractivity contribution in [3.8, 4) is 0 Å². The highest BCUT2D eigenvalue weighted by molar-refractivity contribution is 5.95. The van der Waals surface area contributed by atoms with Crippen molar-refractivity contribution in [2.75, 3.05) is 25.1 Å². The SMILES string of the molecule is COC(=O)N1c2ccc3c(nc(CC4CCN(C(C)=O)CC4)n3C3CCCCC3)c2CC[C@@H]1C. The van der Waals surface area contributed by atoms with Crippen molar-refractivity contribution in [1.82, 2.24) is 14.5 Å². The number of benzene rings is 1. The van der Waals surface area contributed by atoms with Crippen LogP contribution in [0.4, 0.5) is 10.5 Å². The highest BCUT2D eigenvalue weighted by atomic mass is 16.5. The summed E-state index contributed by atoms with van der Waals surface area (Å²) in [6.07, 6.45) is 10.9. The van der Waals surface area contributed by atoms with E-state index < -0.39 is 0 Å². The minimum absolute atomic E-state index is 0.115. The topological polar surface area (TPSA) is 67.7 Å². The number of ether oxygens (including phenoxy) is 1. The lowest BCUT2D eigenvalue weighted by Gasteiger charge is -2.34. The maximum absolute atomic E-state index is 12.6. The third-order valence-electron chi connectivity index (χ3n) is 8.37. The molecule has 0 spiro atoms. The van der Waals surface area contributed by atoms with Gasteiger partial charge in [-0.2, -0.15) is 0 Å². The summed E-state index contributed by atoms with van der Waals surface area (Å²) >= 11 is 0. The minimum atomic E-state index is -0.294. The Morgan fingerprint density at radius 2 is 1.79 bits per heavy atom. The predicted molar refractivity (Wildman–Crippen MR) is 133 cm³/mol. The maximum atomic E-state index is 12.6. The molecule has 34 heavy (non-hydrogen) atoms. The van der Waals surface area contributed by atoms with Gasteiger partial charge in [-0.15, -0.1) is 0 Å². The van der Waals surface area contributed by atoms with Gasteiger partial charge in [-0.25, -0.2) is 9.78 Å². The number of aryl methyl sites for hydroxylation is 1. The number of methoxy groups -OCH3 is 1. The summed E-state index contributed by atoms with van der Waals surface area (Å²) in [6.45, 7) is 5.46. The standard InChI is InChI=1S/C27H38N4O3/c1-18-9-10-22-23(30(18)27(33)34-3)11-12-24-26(22)28-25(31(24)21-7-5-4-6-8-21)17-20-13-15-29(16-14-20)19(2)32/h11-12,18,20-21H,4-10,13-17H2,1-3H3/t18-/m0/s1. The summed E-state index contributed by atoms with van der Waals surface area (Å²) < 4.78 is 7.66. The van der Waals surface area contributed by atoms with Crippen LogP contribution in [0.3, 0.4) is 0 Å². The smallest absolute Gasteiger partial charge is 0.414 e. The maximum Gasteiger partial charge on any atom is 0.414 e.